The summed E-state index contributed by atoms with van der Waals surface area (Å²) in [5.41, 5.74) is -0.133. The lowest BCUT2D eigenvalue weighted by atomic mass is 9.94. The maximum atomic E-state index is 13.2. The molecule has 0 bridgehead atoms. The van der Waals surface area contributed by atoms with Crippen molar-refractivity contribution in [2.75, 3.05) is 11.8 Å². The van der Waals surface area contributed by atoms with Crippen LogP contribution in [0.3, 0.4) is 0 Å². The first-order valence-corrected chi connectivity index (χ1v) is 10.9. The molecule has 0 saturated heterocycles. The third kappa shape index (κ3) is 4.11. The van der Waals surface area contributed by atoms with Crippen LogP contribution in [0.4, 0.5) is 5.69 Å². The Morgan fingerprint density at radius 3 is 2.40 bits per heavy atom. The third-order valence-corrected chi connectivity index (χ3v) is 7.12. The van der Waals surface area contributed by atoms with Gasteiger partial charge in [0.1, 0.15) is 0 Å². The number of aliphatic carboxylic acids is 2. The molecule has 3 N–H and O–H groups in total. The topological polar surface area (TPSA) is 130 Å². The molecule has 0 aromatic heterocycles. The van der Waals surface area contributed by atoms with Crippen molar-refractivity contribution in [3.8, 4) is 0 Å². The molecule has 8 nitrogen and oxygen atoms in total. The second kappa shape index (κ2) is 8.35. The summed E-state index contributed by atoms with van der Waals surface area (Å²) < 4.78 is 34.1. The van der Waals surface area contributed by atoms with Gasteiger partial charge in [0, 0.05) is 16.9 Å². The fraction of sp³-hybridized carbons (Fsp3) is 0.333. The Morgan fingerprint density at radius 2 is 1.80 bits per heavy atom. The van der Waals surface area contributed by atoms with E-state index in [2.05, 4.69) is 4.72 Å². The molecule has 0 unspecified atom stereocenters. The SMILES string of the molecule is COC1=CC[C@@H](S(=O)(=O)Nc2c(C(C(=O)O)C(=O)O)ccc3ccccc23)C[C@@H]1C. The third-order valence-electron chi connectivity index (χ3n) is 5.37. The normalized spacial score (nSPS) is 19.4. The average Bonchev–Trinajstić information content (AvgIpc) is 2.69. The zero-order valence-corrected chi connectivity index (χ0v) is 17.3. The Bertz CT molecular complexity index is 1110. The Balaban J connectivity index is 2.10. The minimum Gasteiger partial charge on any atom is -0.501 e. The van der Waals surface area contributed by atoms with Crippen LogP contribution in [0.15, 0.2) is 48.2 Å². The van der Waals surface area contributed by atoms with E-state index in [1.54, 1.807) is 36.4 Å². The Labute approximate surface area is 174 Å². The van der Waals surface area contributed by atoms with Gasteiger partial charge in [0.15, 0.2) is 5.92 Å². The van der Waals surface area contributed by atoms with Crippen molar-refractivity contribution in [1.29, 1.82) is 0 Å². The highest BCUT2D eigenvalue weighted by molar-refractivity contribution is 7.93. The molecular formula is C21H23NO7S. The second-order valence-corrected chi connectivity index (χ2v) is 9.27. The van der Waals surface area contributed by atoms with Crippen LogP contribution < -0.4 is 4.72 Å². The molecule has 160 valence electrons. The highest BCUT2D eigenvalue weighted by Gasteiger charge is 2.35. The van der Waals surface area contributed by atoms with Crippen LogP contribution in [-0.2, 0) is 24.3 Å². The standard InChI is InChI=1S/C21H23NO7S/c1-12-11-14(8-10-17(12)29-2)30(27,28)22-19-15-6-4-3-5-13(15)7-9-16(19)18(20(23)24)21(25)26/h3-7,9-10,12,14,18,22H,8,11H2,1-2H3,(H,23,24)(H,25,26)/t12-,14+/m0/s1. The number of hydrogen-bond acceptors (Lipinski definition) is 5. The molecule has 0 aliphatic heterocycles. The molecular weight excluding hydrogens is 410 g/mol. The highest BCUT2D eigenvalue weighted by Crippen LogP contribution is 2.36. The number of fused-ring (bicyclic) bond motifs is 1. The van der Waals surface area contributed by atoms with Crippen molar-refractivity contribution in [2.45, 2.75) is 30.9 Å². The van der Waals surface area contributed by atoms with E-state index < -0.39 is 33.1 Å². The van der Waals surface area contributed by atoms with Crippen LogP contribution in [0.1, 0.15) is 31.2 Å². The number of rotatable bonds is 7. The maximum absolute atomic E-state index is 13.2. The summed E-state index contributed by atoms with van der Waals surface area (Å²) in [6.45, 7) is 1.87. The largest absolute Gasteiger partial charge is 0.501 e. The van der Waals surface area contributed by atoms with Crippen molar-refractivity contribution in [1.82, 2.24) is 0 Å². The molecule has 0 spiro atoms. The van der Waals surface area contributed by atoms with Crippen LogP contribution in [0.2, 0.25) is 0 Å². The molecule has 0 saturated carbocycles. The van der Waals surface area contributed by atoms with E-state index in [1.807, 2.05) is 6.92 Å². The molecule has 3 rings (SSSR count). The van der Waals surface area contributed by atoms with E-state index in [-0.39, 0.29) is 23.6 Å². The van der Waals surface area contributed by atoms with Crippen molar-refractivity contribution in [2.24, 2.45) is 5.92 Å². The fourth-order valence-corrected chi connectivity index (χ4v) is 5.40. The van der Waals surface area contributed by atoms with Gasteiger partial charge < -0.3 is 14.9 Å². The van der Waals surface area contributed by atoms with Gasteiger partial charge in [-0.2, -0.15) is 0 Å². The van der Waals surface area contributed by atoms with Gasteiger partial charge in [-0.25, -0.2) is 8.42 Å². The van der Waals surface area contributed by atoms with Gasteiger partial charge in [0.25, 0.3) is 0 Å². The van der Waals surface area contributed by atoms with Crippen LogP contribution >= 0.6 is 0 Å². The molecule has 0 heterocycles. The summed E-state index contributed by atoms with van der Waals surface area (Å²) in [6.07, 6.45) is 2.31. The van der Waals surface area contributed by atoms with Gasteiger partial charge in [-0.3, -0.25) is 14.3 Å². The summed E-state index contributed by atoms with van der Waals surface area (Å²) in [5.74, 6) is -4.42. The molecule has 9 heteroatoms. The Morgan fingerprint density at radius 1 is 1.13 bits per heavy atom. The number of hydrogen-bond donors (Lipinski definition) is 3. The van der Waals surface area contributed by atoms with Crippen molar-refractivity contribution in [3.05, 3.63) is 53.8 Å². The number of methoxy groups -OCH3 is 1. The van der Waals surface area contributed by atoms with E-state index in [4.69, 9.17) is 4.74 Å². The minimum absolute atomic E-state index is 0.0166. The van der Waals surface area contributed by atoms with Gasteiger partial charge >= 0.3 is 11.9 Å². The Hall–Kier alpha value is -3.07. The summed E-state index contributed by atoms with van der Waals surface area (Å²) in [4.78, 5) is 23.3. The number of benzene rings is 2. The van der Waals surface area contributed by atoms with Crippen molar-refractivity contribution in [3.63, 3.8) is 0 Å². The van der Waals surface area contributed by atoms with Crippen LogP contribution in [0, 0.1) is 5.92 Å². The van der Waals surface area contributed by atoms with Gasteiger partial charge in [-0.05, 0) is 24.3 Å². The van der Waals surface area contributed by atoms with Gasteiger partial charge in [-0.15, -0.1) is 0 Å². The lowest BCUT2D eigenvalue weighted by molar-refractivity contribution is -0.150. The summed E-state index contributed by atoms with van der Waals surface area (Å²) in [6, 6.07) is 9.73. The highest BCUT2D eigenvalue weighted by atomic mass is 32.2. The quantitative estimate of drug-likeness (QED) is 0.572. The number of ether oxygens (including phenoxy) is 1. The van der Waals surface area contributed by atoms with E-state index >= 15 is 0 Å². The van der Waals surface area contributed by atoms with E-state index in [0.29, 0.717) is 17.2 Å². The monoisotopic (exact) mass is 433 g/mol. The van der Waals surface area contributed by atoms with Gasteiger partial charge in [0.2, 0.25) is 10.0 Å². The molecule has 0 amide bonds. The number of carboxylic acid groups (broad SMARTS) is 2. The zero-order valence-electron chi connectivity index (χ0n) is 16.5. The number of carbonyl (C=O) groups is 2. The first-order valence-electron chi connectivity index (χ1n) is 9.38. The number of anilines is 1. The number of sulfonamides is 1. The Kier molecular flexibility index (Phi) is 6.02. The molecule has 2 atom stereocenters. The molecule has 0 radical (unpaired) electrons. The molecule has 0 fully saturated rings. The molecule has 1 aliphatic rings. The van der Waals surface area contributed by atoms with E-state index in [0.717, 1.165) is 5.76 Å². The summed E-state index contributed by atoms with van der Waals surface area (Å²) >= 11 is 0. The van der Waals surface area contributed by atoms with Crippen molar-refractivity contribution >= 4 is 38.4 Å². The predicted molar refractivity (Wildman–Crippen MR) is 112 cm³/mol. The van der Waals surface area contributed by atoms with Crippen LogP contribution in [0.25, 0.3) is 10.8 Å². The second-order valence-electron chi connectivity index (χ2n) is 7.31. The number of carboxylic acids is 2. The number of allylic oxidation sites excluding steroid dienone is 2. The van der Waals surface area contributed by atoms with Gasteiger partial charge in [0.05, 0.1) is 23.8 Å². The maximum Gasteiger partial charge on any atom is 0.322 e. The first-order chi connectivity index (χ1) is 14.2. The summed E-state index contributed by atoms with van der Waals surface area (Å²) in [5, 5.41) is 19.2. The molecule has 2 aromatic rings. The van der Waals surface area contributed by atoms with Crippen LogP contribution in [-0.4, -0.2) is 42.9 Å². The van der Waals surface area contributed by atoms with E-state index in [9.17, 15) is 28.2 Å². The van der Waals surface area contributed by atoms with Crippen LogP contribution in [0.5, 0.6) is 0 Å². The molecule has 1 aliphatic carbocycles. The summed E-state index contributed by atoms with van der Waals surface area (Å²) in [7, 11) is -2.40. The lowest BCUT2D eigenvalue weighted by Crippen LogP contribution is -2.33. The first kappa shape index (κ1) is 21.6. The molecule has 30 heavy (non-hydrogen) atoms. The predicted octanol–water partition coefficient (Wildman–Crippen LogP) is 3.16. The number of nitrogens with one attached hydrogen (secondary N) is 1. The fourth-order valence-electron chi connectivity index (χ4n) is 3.83. The average molecular weight is 433 g/mol. The van der Waals surface area contributed by atoms with E-state index in [1.165, 1.54) is 13.2 Å². The zero-order chi connectivity index (χ0) is 22.1. The molecule has 2 aromatic carbocycles. The smallest absolute Gasteiger partial charge is 0.322 e. The van der Waals surface area contributed by atoms with Crippen molar-refractivity contribution < 1.29 is 33.0 Å². The lowest BCUT2D eigenvalue weighted by Gasteiger charge is -2.27. The minimum atomic E-state index is -3.94. The van der Waals surface area contributed by atoms with Gasteiger partial charge in [-0.1, -0.05) is 43.3 Å².